The number of anilines is 1. The molecule has 130 valence electrons. The van der Waals surface area contributed by atoms with E-state index in [0.717, 1.165) is 39.8 Å². The van der Waals surface area contributed by atoms with Gasteiger partial charge in [0.2, 0.25) is 0 Å². The molecule has 3 aromatic heterocycles. The number of rotatable bonds is 4. The van der Waals surface area contributed by atoms with Crippen molar-refractivity contribution in [3.05, 3.63) is 33.4 Å². The van der Waals surface area contributed by atoms with Crippen LogP contribution < -0.4 is 10.7 Å². The van der Waals surface area contributed by atoms with Gasteiger partial charge in [0.15, 0.2) is 5.82 Å². The molecular formula is C17H20N6S2. The van der Waals surface area contributed by atoms with E-state index in [1.165, 1.54) is 4.88 Å². The molecule has 0 amide bonds. The zero-order chi connectivity index (χ0) is 17.4. The minimum absolute atomic E-state index is 0.0968. The van der Waals surface area contributed by atoms with Gasteiger partial charge < -0.3 is 5.32 Å². The van der Waals surface area contributed by atoms with Crippen molar-refractivity contribution in [1.29, 1.82) is 0 Å². The normalized spacial score (nSPS) is 15.8. The summed E-state index contributed by atoms with van der Waals surface area (Å²) < 4.78 is 0. The molecule has 4 heterocycles. The largest absolute Gasteiger partial charge is 0.315 e. The number of thiophene rings is 1. The van der Waals surface area contributed by atoms with Gasteiger partial charge in [-0.1, -0.05) is 20.8 Å². The van der Waals surface area contributed by atoms with E-state index in [0.29, 0.717) is 5.92 Å². The summed E-state index contributed by atoms with van der Waals surface area (Å²) in [5, 5.41) is 11.6. The minimum Gasteiger partial charge on any atom is -0.315 e. The van der Waals surface area contributed by atoms with Crippen molar-refractivity contribution in [3.8, 4) is 0 Å². The van der Waals surface area contributed by atoms with Gasteiger partial charge in [0.05, 0.1) is 17.3 Å². The van der Waals surface area contributed by atoms with Crippen molar-refractivity contribution in [2.45, 2.75) is 32.1 Å². The molecule has 0 saturated carbocycles. The molecule has 25 heavy (non-hydrogen) atoms. The molecule has 0 bridgehead atoms. The lowest BCUT2D eigenvalue weighted by molar-refractivity contribution is 0.441. The summed E-state index contributed by atoms with van der Waals surface area (Å²) in [7, 11) is 0. The number of aromatic nitrogens is 3. The molecule has 0 unspecified atom stereocenters. The van der Waals surface area contributed by atoms with Crippen molar-refractivity contribution in [2.24, 2.45) is 5.10 Å². The summed E-state index contributed by atoms with van der Waals surface area (Å²) in [6.07, 6.45) is 3.33. The van der Waals surface area contributed by atoms with E-state index < -0.39 is 0 Å². The van der Waals surface area contributed by atoms with Crippen LogP contribution in [0.2, 0.25) is 0 Å². The molecular weight excluding hydrogens is 352 g/mol. The predicted molar refractivity (Wildman–Crippen MR) is 105 cm³/mol. The first-order valence-electron chi connectivity index (χ1n) is 8.21. The van der Waals surface area contributed by atoms with Crippen LogP contribution in [0.4, 0.5) is 5.82 Å². The predicted octanol–water partition coefficient (Wildman–Crippen LogP) is 3.58. The van der Waals surface area contributed by atoms with Gasteiger partial charge >= 0.3 is 0 Å². The maximum absolute atomic E-state index is 4.62. The first-order valence-corrected chi connectivity index (χ1v) is 9.90. The van der Waals surface area contributed by atoms with Gasteiger partial charge in [-0.2, -0.15) is 5.10 Å². The van der Waals surface area contributed by atoms with E-state index in [1.807, 2.05) is 0 Å². The van der Waals surface area contributed by atoms with Crippen LogP contribution in [0.5, 0.6) is 0 Å². The van der Waals surface area contributed by atoms with Crippen LogP contribution in [-0.2, 0) is 5.41 Å². The van der Waals surface area contributed by atoms with E-state index in [2.05, 4.69) is 63.0 Å². The van der Waals surface area contributed by atoms with Crippen LogP contribution in [0.25, 0.3) is 10.2 Å². The maximum atomic E-state index is 4.62. The Morgan fingerprint density at radius 1 is 1.32 bits per heavy atom. The van der Waals surface area contributed by atoms with E-state index >= 15 is 0 Å². The molecule has 1 fully saturated rings. The van der Waals surface area contributed by atoms with Crippen molar-refractivity contribution in [2.75, 3.05) is 18.5 Å². The zero-order valence-electron chi connectivity index (χ0n) is 14.4. The Morgan fingerprint density at radius 2 is 2.16 bits per heavy atom. The second-order valence-electron chi connectivity index (χ2n) is 7.14. The van der Waals surface area contributed by atoms with E-state index in [-0.39, 0.29) is 5.41 Å². The van der Waals surface area contributed by atoms with E-state index in [1.54, 1.807) is 35.2 Å². The second kappa shape index (κ2) is 6.44. The number of fused-ring (bicyclic) bond motifs is 1. The fourth-order valence-electron chi connectivity index (χ4n) is 2.51. The Kier molecular flexibility index (Phi) is 4.26. The highest BCUT2D eigenvalue weighted by atomic mass is 32.1. The number of hydrogen-bond acceptors (Lipinski definition) is 8. The van der Waals surface area contributed by atoms with Crippen LogP contribution in [0.3, 0.4) is 0 Å². The number of hydrogen-bond donors (Lipinski definition) is 2. The Hall–Kier alpha value is -1.90. The first-order chi connectivity index (χ1) is 12.0. The molecule has 1 aliphatic heterocycles. The van der Waals surface area contributed by atoms with Crippen LogP contribution in [0.1, 0.15) is 42.3 Å². The van der Waals surface area contributed by atoms with E-state index in [4.69, 9.17) is 0 Å². The third-order valence-electron chi connectivity index (χ3n) is 4.15. The van der Waals surface area contributed by atoms with Crippen molar-refractivity contribution in [1.82, 2.24) is 20.3 Å². The fourth-order valence-corrected chi connectivity index (χ4v) is 4.32. The SMILES string of the molecule is CC(C)(C)c1cc2c(N/N=C/c3nc(C4CNC4)cs3)ncnc2s1. The Balaban J connectivity index is 1.52. The van der Waals surface area contributed by atoms with Gasteiger partial charge in [-0.05, 0) is 11.5 Å². The van der Waals surface area contributed by atoms with Gasteiger partial charge in [0.25, 0.3) is 0 Å². The summed E-state index contributed by atoms with van der Waals surface area (Å²) >= 11 is 3.32. The molecule has 0 spiro atoms. The Bertz CT molecular complexity index is 917. The van der Waals surface area contributed by atoms with Crippen LogP contribution >= 0.6 is 22.7 Å². The van der Waals surface area contributed by atoms with Crippen LogP contribution in [0, 0.1) is 0 Å². The van der Waals surface area contributed by atoms with Gasteiger partial charge in [-0.25, -0.2) is 15.0 Å². The third-order valence-corrected chi connectivity index (χ3v) is 6.42. The number of nitrogens with zero attached hydrogens (tertiary/aromatic N) is 4. The number of nitrogens with one attached hydrogen (secondary N) is 2. The molecule has 3 aromatic rings. The summed E-state index contributed by atoms with van der Waals surface area (Å²) in [5.74, 6) is 1.28. The molecule has 4 rings (SSSR count). The molecule has 0 aromatic carbocycles. The van der Waals surface area contributed by atoms with Crippen molar-refractivity contribution in [3.63, 3.8) is 0 Å². The van der Waals surface area contributed by atoms with Crippen molar-refractivity contribution >= 4 is 44.9 Å². The minimum atomic E-state index is 0.0968. The molecule has 1 aliphatic rings. The molecule has 0 atom stereocenters. The molecule has 0 radical (unpaired) electrons. The van der Waals surface area contributed by atoms with Gasteiger partial charge in [0, 0.05) is 29.3 Å². The lowest BCUT2D eigenvalue weighted by Gasteiger charge is -2.24. The van der Waals surface area contributed by atoms with Crippen LogP contribution in [0.15, 0.2) is 22.9 Å². The summed E-state index contributed by atoms with van der Waals surface area (Å²) in [4.78, 5) is 15.6. The average Bonchev–Trinajstić information content (AvgIpc) is 3.12. The number of thiazole rings is 1. The van der Waals surface area contributed by atoms with Crippen molar-refractivity contribution < 1.29 is 0 Å². The summed E-state index contributed by atoms with van der Waals surface area (Å²) in [5.41, 5.74) is 4.30. The lowest BCUT2D eigenvalue weighted by Crippen LogP contribution is -2.40. The molecule has 6 nitrogen and oxygen atoms in total. The standard InChI is InChI=1S/C17H20N6S2/c1-17(2,3)13-4-11-15(19-9-20-16(11)25-13)23-21-7-14-22-12(8-24-14)10-5-18-6-10/h4,7-10,18H,5-6H2,1-3H3,(H,19,20,23)/b21-7+. The van der Waals surface area contributed by atoms with Crippen LogP contribution in [-0.4, -0.2) is 34.3 Å². The third kappa shape index (κ3) is 3.42. The monoisotopic (exact) mass is 372 g/mol. The lowest BCUT2D eigenvalue weighted by atomic mass is 9.94. The highest BCUT2D eigenvalue weighted by Crippen LogP contribution is 2.35. The fraction of sp³-hybridized carbons (Fsp3) is 0.412. The highest BCUT2D eigenvalue weighted by Gasteiger charge is 2.21. The molecule has 8 heteroatoms. The molecule has 0 aliphatic carbocycles. The first kappa shape index (κ1) is 16.6. The average molecular weight is 373 g/mol. The quantitative estimate of drug-likeness (QED) is 0.541. The Labute approximate surface area is 154 Å². The summed E-state index contributed by atoms with van der Waals surface area (Å²) in [6.45, 7) is 8.65. The zero-order valence-corrected chi connectivity index (χ0v) is 16.0. The number of hydrazone groups is 1. The topological polar surface area (TPSA) is 75.1 Å². The smallest absolute Gasteiger partial charge is 0.158 e. The van der Waals surface area contributed by atoms with Gasteiger partial charge in [-0.15, -0.1) is 22.7 Å². The van der Waals surface area contributed by atoms with Gasteiger partial charge in [0.1, 0.15) is 16.2 Å². The molecule has 2 N–H and O–H groups in total. The Morgan fingerprint density at radius 3 is 2.88 bits per heavy atom. The summed E-state index contributed by atoms with van der Waals surface area (Å²) in [6, 6.07) is 2.16. The molecule has 1 saturated heterocycles. The highest BCUT2D eigenvalue weighted by molar-refractivity contribution is 7.18. The maximum Gasteiger partial charge on any atom is 0.158 e. The second-order valence-corrected chi connectivity index (χ2v) is 9.06. The van der Waals surface area contributed by atoms with E-state index in [9.17, 15) is 0 Å². The van der Waals surface area contributed by atoms with Gasteiger partial charge in [-0.3, -0.25) is 5.43 Å².